The van der Waals surface area contributed by atoms with Crippen molar-refractivity contribution in [2.24, 2.45) is 5.92 Å². The first-order valence-electron chi connectivity index (χ1n) is 10.5. The lowest BCUT2D eigenvalue weighted by Gasteiger charge is -2.42. The highest BCUT2D eigenvalue weighted by atomic mass is 32.2. The second kappa shape index (κ2) is 8.23. The van der Waals surface area contributed by atoms with Crippen LogP contribution in [0.25, 0.3) is 0 Å². The van der Waals surface area contributed by atoms with E-state index in [1.807, 2.05) is 42.2 Å². The average Bonchev–Trinajstić information content (AvgIpc) is 2.75. The molecule has 5 heteroatoms. The zero-order valence-corrected chi connectivity index (χ0v) is 18.0. The fourth-order valence-corrected chi connectivity index (χ4v) is 5.72. The zero-order chi connectivity index (χ0) is 20.4. The number of rotatable bonds is 4. The van der Waals surface area contributed by atoms with Crippen LogP contribution in [0.1, 0.15) is 32.3 Å². The molecule has 2 aromatic carbocycles. The molecule has 0 aliphatic carbocycles. The molecule has 1 saturated heterocycles. The quantitative estimate of drug-likeness (QED) is 0.705. The molecular formula is C24H28N2O2S. The van der Waals surface area contributed by atoms with E-state index in [4.69, 9.17) is 0 Å². The molecule has 0 aromatic heterocycles. The standard InChI is InChI=1S/C24H28N2O2S/c1-3-26-20-11-7-8-12-21(20)29-24(2,23(26)28)22(27)25-15-13-19(14-16-25)17-18-9-5-4-6-10-18/h4-12,19H,3,13-17H2,1-2H3. The summed E-state index contributed by atoms with van der Waals surface area (Å²) in [4.78, 5) is 31.4. The van der Waals surface area contributed by atoms with E-state index in [1.165, 1.54) is 17.3 Å². The summed E-state index contributed by atoms with van der Waals surface area (Å²) in [5.41, 5.74) is 2.27. The Morgan fingerprint density at radius 3 is 2.41 bits per heavy atom. The van der Waals surface area contributed by atoms with Crippen LogP contribution < -0.4 is 4.90 Å². The molecule has 1 unspecified atom stereocenters. The first-order chi connectivity index (χ1) is 14.0. The summed E-state index contributed by atoms with van der Waals surface area (Å²) in [6.45, 7) is 5.79. The van der Waals surface area contributed by atoms with Crippen LogP contribution in [-0.2, 0) is 16.0 Å². The minimum Gasteiger partial charge on any atom is -0.341 e. The number of carbonyl (C=O) groups is 2. The summed E-state index contributed by atoms with van der Waals surface area (Å²) in [6, 6.07) is 18.4. The number of nitrogens with zero attached hydrogens (tertiary/aromatic N) is 2. The molecule has 2 aliphatic heterocycles. The Labute approximate surface area is 177 Å². The first kappa shape index (κ1) is 20.0. The van der Waals surface area contributed by atoms with Gasteiger partial charge in [-0.2, -0.15) is 0 Å². The van der Waals surface area contributed by atoms with Crippen LogP contribution in [0.4, 0.5) is 5.69 Å². The maximum atomic E-state index is 13.5. The number of hydrogen-bond donors (Lipinski definition) is 0. The number of benzene rings is 2. The highest BCUT2D eigenvalue weighted by molar-refractivity contribution is 8.02. The van der Waals surface area contributed by atoms with Gasteiger partial charge in [0, 0.05) is 24.5 Å². The van der Waals surface area contributed by atoms with Crippen LogP contribution in [0.3, 0.4) is 0 Å². The van der Waals surface area contributed by atoms with E-state index < -0.39 is 4.75 Å². The molecule has 1 fully saturated rings. The third-order valence-electron chi connectivity index (χ3n) is 6.12. The summed E-state index contributed by atoms with van der Waals surface area (Å²) in [7, 11) is 0. The molecule has 152 valence electrons. The fourth-order valence-electron chi connectivity index (χ4n) is 4.44. The van der Waals surface area contributed by atoms with Gasteiger partial charge in [0.25, 0.3) is 5.91 Å². The van der Waals surface area contributed by atoms with Gasteiger partial charge in [-0.1, -0.05) is 54.2 Å². The Kier molecular flexibility index (Phi) is 5.68. The summed E-state index contributed by atoms with van der Waals surface area (Å²) in [5.74, 6) is 0.454. The van der Waals surface area contributed by atoms with Gasteiger partial charge in [0.1, 0.15) is 0 Å². The SMILES string of the molecule is CCN1C(=O)C(C)(C(=O)N2CCC(Cc3ccccc3)CC2)Sc2ccccc21. The monoisotopic (exact) mass is 408 g/mol. The van der Waals surface area contributed by atoms with E-state index in [-0.39, 0.29) is 11.8 Å². The van der Waals surface area contributed by atoms with E-state index in [9.17, 15) is 9.59 Å². The molecule has 2 aromatic rings. The Morgan fingerprint density at radius 2 is 1.72 bits per heavy atom. The highest BCUT2D eigenvalue weighted by Gasteiger charge is 2.50. The van der Waals surface area contributed by atoms with Crippen molar-refractivity contribution in [1.82, 2.24) is 4.90 Å². The predicted molar refractivity (Wildman–Crippen MR) is 118 cm³/mol. The van der Waals surface area contributed by atoms with Gasteiger partial charge in [-0.05, 0) is 56.7 Å². The molecule has 0 spiro atoms. The lowest BCUT2D eigenvalue weighted by Crippen LogP contribution is -2.58. The molecular weight excluding hydrogens is 380 g/mol. The van der Waals surface area contributed by atoms with Crippen molar-refractivity contribution in [2.45, 2.75) is 42.8 Å². The molecule has 0 radical (unpaired) electrons. The van der Waals surface area contributed by atoms with Gasteiger partial charge < -0.3 is 9.80 Å². The molecule has 0 N–H and O–H groups in total. The molecule has 1 atom stereocenters. The Hall–Kier alpha value is -2.27. The minimum absolute atomic E-state index is 0.0429. The summed E-state index contributed by atoms with van der Waals surface area (Å²) >= 11 is 1.41. The molecule has 2 aliphatic rings. The van der Waals surface area contributed by atoms with Gasteiger partial charge in [0.15, 0.2) is 4.75 Å². The lowest BCUT2D eigenvalue weighted by molar-refractivity contribution is -0.139. The number of anilines is 1. The third kappa shape index (κ3) is 3.80. The number of likely N-dealkylation sites (tertiary alicyclic amines) is 1. The van der Waals surface area contributed by atoms with Gasteiger partial charge in [-0.3, -0.25) is 9.59 Å². The van der Waals surface area contributed by atoms with Crippen molar-refractivity contribution in [1.29, 1.82) is 0 Å². The van der Waals surface area contributed by atoms with Crippen LogP contribution in [0.5, 0.6) is 0 Å². The second-order valence-electron chi connectivity index (χ2n) is 8.08. The van der Waals surface area contributed by atoms with Gasteiger partial charge in [0.05, 0.1) is 5.69 Å². The number of thioether (sulfide) groups is 1. The molecule has 4 rings (SSSR count). The fraction of sp³-hybridized carbons (Fsp3) is 0.417. The van der Waals surface area contributed by atoms with Crippen molar-refractivity contribution in [3.05, 3.63) is 60.2 Å². The maximum Gasteiger partial charge on any atom is 0.252 e. The largest absolute Gasteiger partial charge is 0.341 e. The number of piperidine rings is 1. The molecule has 0 saturated carbocycles. The Morgan fingerprint density at radius 1 is 1.07 bits per heavy atom. The van der Waals surface area contributed by atoms with Crippen LogP contribution in [0.15, 0.2) is 59.5 Å². The number of carbonyl (C=O) groups excluding carboxylic acids is 2. The first-order valence-corrected chi connectivity index (χ1v) is 11.3. The van der Waals surface area contributed by atoms with Crippen molar-refractivity contribution >= 4 is 29.3 Å². The van der Waals surface area contributed by atoms with Crippen molar-refractivity contribution in [3.63, 3.8) is 0 Å². The maximum absolute atomic E-state index is 13.5. The lowest BCUT2D eigenvalue weighted by atomic mass is 9.89. The highest BCUT2D eigenvalue weighted by Crippen LogP contribution is 2.46. The normalized spacial score (nSPS) is 22.5. The summed E-state index contributed by atoms with van der Waals surface area (Å²) in [5, 5.41) is 0. The topological polar surface area (TPSA) is 40.6 Å². The van der Waals surface area contributed by atoms with Gasteiger partial charge in [-0.25, -0.2) is 0 Å². The molecule has 4 nitrogen and oxygen atoms in total. The Balaban J connectivity index is 1.46. The van der Waals surface area contributed by atoms with E-state index in [1.54, 1.807) is 11.8 Å². The van der Waals surface area contributed by atoms with Crippen molar-refractivity contribution < 1.29 is 9.59 Å². The molecule has 2 amide bonds. The van der Waals surface area contributed by atoms with E-state index >= 15 is 0 Å². The molecule has 0 bridgehead atoms. The predicted octanol–water partition coefficient (Wildman–Crippen LogP) is 4.39. The van der Waals surface area contributed by atoms with Gasteiger partial charge >= 0.3 is 0 Å². The summed E-state index contributed by atoms with van der Waals surface area (Å²) < 4.78 is -1.09. The second-order valence-corrected chi connectivity index (χ2v) is 9.54. The van der Waals surface area contributed by atoms with Crippen LogP contribution in [-0.4, -0.2) is 41.1 Å². The van der Waals surface area contributed by atoms with Crippen molar-refractivity contribution in [2.75, 3.05) is 24.5 Å². The van der Waals surface area contributed by atoms with Gasteiger partial charge in [-0.15, -0.1) is 0 Å². The number of hydrogen-bond acceptors (Lipinski definition) is 3. The minimum atomic E-state index is -1.09. The van der Waals surface area contributed by atoms with Gasteiger partial charge in [0.2, 0.25) is 5.91 Å². The van der Waals surface area contributed by atoms with Crippen LogP contribution in [0.2, 0.25) is 0 Å². The van der Waals surface area contributed by atoms with E-state index in [2.05, 4.69) is 24.3 Å². The van der Waals surface area contributed by atoms with Crippen LogP contribution >= 0.6 is 11.8 Å². The molecule has 2 heterocycles. The Bertz CT molecular complexity index is 893. The number of amides is 2. The molecule has 29 heavy (non-hydrogen) atoms. The number of fused-ring (bicyclic) bond motifs is 1. The third-order valence-corrected chi connectivity index (χ3v) is 7.44. The van der Waals surface area contributed by atoms with Crippen LogP contribution in [0, 0.1) is 5.92 Å². The summed E-state index contributed by atoms with van der Waals surface area (Å²) in [6.07, 6.45) is 3.04. The smallest absolute Gasteiger partial charge is 0.252 e. The average molecular weight is 409 g/mol. The van der Waals surface area contributed by atoms with E-state index in [0.717, 1.165) is 42.9 Å². The van der Waals surface area contributed by atoms with E-state index in [0.29, 0.717) is 12.5 Å². The zero-order valence-electron chi connectivity index (χ0n) is 17.1. The van der Waals surface area contributed by atoms with Crippen molar-refractivity contribution in [3.8, 4) is 0 Å². The number of para-hydroxylation sites is 1.